The van der Waals surface area contributed by atoms with Gasteiger partial charge in [0.25, 0.3) is 0 Å². The van der Waals surface area contributed by atoms with Gasteiger partial charge >= 0.3 is 4.87 Å². The Kier molecular flexibility index (Phi) is 5.03. The lowest BCUT2D eigenvalue weighted by molar-refractivity contribution is -0.143. The number of hydrogen-bond donors (Lipinski definition) is 2. The number of furan rings is 1. The molecule has 0 unspecified atom stereocenters. The van der Waals surface area contributed by atoms with Crippen LogP contribution in [0.4, 0.5) is 5.69 Å². The molecule has 36 heavy (non-hydrogen) atoms. The number of thiazole rings is 1. The molecule has 0 spiro atoms. The normalized spacial score (nSPS) is 31.9. The summed E-state index contributed by atoms with van der Waals surface area (Å²) in [6.45, 7) is -0.308. The summed E-state index contributed by atoms with van der Waals surface area (Å²) in [6, 6.07) is 10.4. The highest BCUT2D eigenvalue weighted by Crippen LogP contribution is 2.68. The van der Waals surface area contributed by atoms with E-state index in [0.717, 1.165) is 27.0 Å². The largest absolute Gasteiger partial charge is 0.469 e. The number of aromatic nitrogens is 1. The van der Waals surface area contributed by atoms with Gasteiger partial charge in [-0.2, -0.15) is 0 Å². The predicted octanol–water partition coefficient (Wildman–Crippen LogP) is 3.79. The zero-order valence-electron chi connectivity index (χ0n) is 18.7. The van der Waals surface area contributed by atoms with E-state index in [9.17, 15) is 19.2 Å². The van der Waals surface area contributed by atoms with Crippen molar-refractivity contribution in [2.24, 2.45) is 29.6 Å². The highest BCUT2D eigenvalue weighted by atomic mass is 35.5. The van der Waals surface area contributed by atoms with Crippen molar-refractivity contribution in [3.8, 4) is 0 Å². The number of imide groups is 1. The van der Waals surface area contributed by atoms with Crippen molar-refractivity contribution in [2.45, 2.75) is 22.6 Å². The van der Waals surface area contributed by atoms with Gasteiger partial charge in [-0.1, -0.05) is 22.9 Å². The van der Waals surface area contributed by atoms with Crippen LogP contribution in [0, 0.1) is 29.6 Å². The maximum Gasteiger partial charge on any atom is 0.305 e. The number of thioether (sulfide) groups is 1. The first-order valence-electron chi connectivity index (χ1n) is 11.7. The number of carbonyl (C=O) groups is 3. The maximum atomic E-state index is 13.6. The SMILES string of the molecule is O=C(CN1C(=O)[C@@H]2[C@H]3C[C@@H]([C@@H]2C1=O)[C@@H]1[C@@H](c2ccco2)c2sc(=O)[nH]c2S[C@H]31)Nc1ccc(Cl)cc1. The number of amides is 3. The molecule has 1 saturated heterocycles. The van der Waals surface area contributed by atoms with Gasteiger partial charge in [0.05, 0.1) is 33.9 Å². The molecule has 11 heteroatoms. The van der Waals surface area contributed by atoms with E-state index in [1.807, 2.05) is 12.1 Å². The van der Waals surface area contributed by atoms with Crippen LogP contribution < -0.4 is 10.2 Å². The van der Waals surface area contributed by atoms with Crippen LogP contribution in [-0.2, 0) is 14.4 Å². The average Bonchev–Trinajstić information content (AvgIpc) is 3.66. The zero-order valence-corrected chi connectivity index (χ0v) is 21.1. The highest BCUT2D eigenvalue weighted by Gasteiger charge is 2.69. The summed E-state index contributed by atoms with van der Waals surface area (Å²) in [4.78, 5) is 56.9. The van der Waals surface area contributed by atoms with Gasteiger partial charge < -0.3 is 14.7 Å². The minimum atomic E-state index is -0.442. The van der Waals surface area contributed by atoms with Crippen LogP contribution in [-0.4, -0.2) is 39.4 Å². The summed E-state index contributed by atoms with van der Waals surface area (Å²) in [5.74, 6) is -1.11. The van der Waals surface area contributed by atoms with Gasteiger partial charge in [0, 0.05) is 16.0 Å². The number of hydrogen-bond acceptors (Lipinski definition) is 7. The summed E-state index contributed by atoms with van der Waals surface area (Å²) in [6.07, 6.45) is 2.42. The van der Waals surface area contributed by atoms with Gasteiger partial charge in [-0.15, -0.1) is 11.8 Å². The lowest BCUT2D eigenvalue weighted by atomic mass is 9.69. The van der Waals surface area contributed by atoms with E-state index in [1.165, 1.54) is 11.3 Å². The molecular weight excluding hydrogens is 522 g/mol. The molecule has 4 aliphatic rings. The van der Waals surface area contributed by atoms with Crippen molar-refractivity contribution in [2.75, 3.05) is 11.9 Å². The minimum Gasteiger partial charge on any atom is -0.469 e. The molecule has 3 amide bonds. The van der Waals surface area contributed by atoms with Crippen molar-refractivity contribution in [1.29, 1.82) is 0 Å². The van der Waals surface area contributed by atoms with E-state index >= 15 is 0 Å². The van der Waals surface area contributed by atoms with Crippen LogP contribution in [0.5, 0.6) is 0 Å². The first-order chi connectivity index (χ1) is 17.4. The predicted molar refractivity (Wildman–Crippen MR) is 134 cm³/mol. The Hall–Kier alpha value is -2.82. The smallest absolute Gasteiger partial charge is 0.305 e. The van der Waals surface area contributed by atoms with E-state index in [-0.39, 0.29) is 52.2 Å². The van der Waals surface area contributed by atoms with Crippen molar-refractivity contribution >= 4 is 58.1 Å². The fourth-order valence-corrected chi connectivity index (χ4v) is 9.89. The molecule has 7 atom stereocenters. The molecule has 2 aliphatic carbocycles. The Labute approximate surface area is 218 Å². The number of benzene rings is 1. The van der Waals surface area contributed by atoms with Crippen molar-refractivity contribution in [1.82, 2.24) is 9.88 Å². The second-order valence-corrected chi connectivity index (χ2v) is 12.4. The first kappa shape index (κ1) is 22.4. The Bertz CT molecular complexity index is 1450. The Morgan fingerprint density at radius 3 is 2.58 bits per heavy atom. The number of aromatic amines is 1. The topological polar surface area (TPSA) is 112 Å². The van der Waals surface area contributed by atoms with Crippen LogP contribution in [0.25, 0.3) is 0 Å². The van der Waals surface area contributed by atoms with Crippen LogP contribution >= 0.6 is 34.7 Å². The molecule has 184 valence electrons. The van der Waals surface area contributed by atoms with Gasteiger partial charge in [0.2, 0.25) is 17.7 Å². The van der Waals surface area contributed by atoms with Gasteiger partial charge in [-0.25, -0.2) is 0 Å². The molecule has 7 rings (SSSR count). The second-order valence-electron chi connectivity index (χ2n) is 9.79. The number of halogens is 1. The zero-order chi connectivity index (χ0) is 24.7. The number of nitrogens with one attached hydrogen (secondary N) is 2. The molecule has 1 aromatic carbocycles. The molecule has 8 nitrogen and oxygen atoms in total. The standard InChI is InChI=1S/C25H20ClN3O5S2/c26-10-3-5-11(6-4-10)27-15(30)9-29-23(31)17-12-8-13(18(17)24(29)32)20-16(12)19(14-2-1-7-34-14)21-22(35-20)28-25(33)36-21/h1-7,12-13,16-20H,8-9H2,(H,27,30)(H,28,33)/t12-,13-,16-,17+,18-,19-,20-/m1/s1. The summed E-state index contributed by atoms with van der Waals surface area (Å²) in [7, 11) is 0. The molecule has 2 N–H and O–H groups in total. The molecule has 2 aromatic heterocycles. The summed E-state index contributed by atoms with van der Waals surface area (Å²) < 4.78 is 5.81. The molecular formula is C25H20ClN3O5S2. The van der Waals surface area contributed by atoms with Gasteiger partial charge in [-0.05, 0) is 60.6 Å². The second kappa shape index (κ2) is 8.09. The van der Waals surface area contributed by atoms with Gasteiger partial charge in [-0.3, -0.25) is 24.1 Å². The van der Waals surface area contributed by atoms with Gasteiger partial charge in [0.15, 0.2) is 0 Å². The fourth-order valence-electron chi connectivity index (χ4n) is 6.90. The van der Waals surface area contributed by atoms with E-state index in [0.29, 0.717) is 10.7 Å². The number of H-pyrrole nitrogens is 1. The van der Waals surface area contributed by atoms with E-state index in [1.54, 1.807) is 42.3 Å². The Balaban J connectivity index is 1.17. The lowest BCUT2D eigenvalue weighted by Crippen LogP contribution is -2.42. The first-order valence-corrected chi connectivity index (χ1v) is 13.8. The number of likely N-dealkylation sites (tertiary alicyclic amines) is 1. The van der Waals surface area contributed by atoms with Crippen LogP contribution in [0.15, 0.2) is 56.9 Å². The van der Waals surface area contributed by atoms with E-state index in [4.69, 9.17) is 16.0 Å². The third-order valence-electron chi connectivity index (χ3n) is 8.09. The maximum absolute atomic E-state index is 13.6. The fraction of sp³-hybridized carbons (Fsp3) is 0.360. The van der Waals surface area contributed by atoms with Crippen LogP contribution in [0.2, 0.25) is 5.02 Å². The van der Waals surface area contributed by atoms with Crippen molar-refractivity contribution in [3.63, 3.8) is 0 Å². The number of anilines is 1. The monoisotopic (exact) mass is 541 g/mol. The number of carbonyl (C=O) groups excluding carboxylic acids is 3. The lowest BCUT2D eigenvalue weighted by Gasteiger charge is -2.42. The minimum absolute atomic E-state index is 0.00444. The van der Waals surface area contributed by atoms with Gasteiger partial charge in [0.1, 0.15) is 12.3 Å². The van der Waals surface area contributed by atoms with E-state index < -0.39 is 17.7 Å². The summed E-state index contributed by atoms with van der Waals surface area (Å²) >= 11 is 8.72. The molecule has 0 radical (unpaired) electrons. The van der Waals surface area contributed by atoms with Crippen molar-refractivity contribution < 1.29 is 18.8 Å². The summed E-state index contributed by atoms with van der Waals surface area (Å²) in [5.41, 5.74) is 0.549. The molecule has 3 fully saturated rings. The quantitative estimate of drug-likeness (QED) is 0.486. The van der Waals surface area contributed by atoms with Crippen LogP contribution in [0.1, 0.15) is 23.0 Å². The van der Waals surface area contributed by atoms with E-state index in [2.05, 4.69) is 10.3 Å². The average molecular weight is 542 g/mol. The van der Waals surface area contributed by atoms with Crippen molar-refractivity contribution in [3.05, 3.63) is 68.0 Å². The third kappa shape index (κ3) is 3.20. The highest BCUT2D eigenvalue weighted by molar-refractivity contribution is 8.00. The molecule has 2 saturated carbocycles. The Morgan fingerprint density at radius 1 is 1.11 bits per heavy atom. The molecule has 2 aliphatic heterocycles. The Morgan fingerprint density at radius 2 is 1.86 bits per heavy atom. The molecule has 4 heterocycles. The number of fused-ring (bicyclic) bond motifs is 9. The molecule has 3 aromatic rings. The number of nitrogens with zero attached hydrogens (tertiary/aromatic N) is 1. The van der Waals surface area contributed by atoms with Crippen LogP contribution in [0.3, 0.4) is 0 Å². The summed E-state index contributed by atoms with van der Waals surface area (Å²) in [5, 5.41) is 4.21. The number of rotatable bonds is 4. The molecule has 2 bridgehead atoms. The third-order valence-corrected chi connectivity index (χ3v) is 10.9.